The largest absolute Gasteiger partial charge is 0.352 e. The number of hydrogen-bond acceptors (Lipinski definition) is 3. The van der Waals surface area contributed by atoms with Crippen molar-refractivity contribution >= 4 is 5.96 Å². The van der Waals surface area contributed by atoms with Crippen LogP contribution >= 0.6 is 0 Å². The first-order chi connectivity index (χ1) is 12.8. The van der Waals surface area contributed by atoms with Crippen molar-refractivity contribution in [2.24, 2.45) is 19.1 Å². The van der Waals surface area contributed by atoms with Gasteiger partial charge in [-0.3, -0.25) is 14.4 Å². The van der Waals surface area contributed by atoms with Crippen molar-refractivity contribution in [2.75, 3.05) is 14.1 Å². The van der Waals surface area contributed by atoms with Gasteiger partial charge in [0.15, 0.2) is 5.96 Å². The van der Waals surface area contributed by atoms with Crippen molar-refractivity contribution in [1.82, 2.24) is 29.8 Å². The molecule has 27 heavy (non-hydrogen) atoms. The van der Waals surface area contributed by atoms with E-state index in [-0.39, 0.29) is 0 Å². The lowest BCUT2D eigenvalue weighted by atomic mass is 10.1. The molecule has 7 nitrogen and oxygen atoms in total. The van der Waals surface area contributed by atoms with Gasteiger partial charge in [0.05, 0.1) is 11.4 Å². The third kappa shape index (κ3) is 4.70. The van der Waals surface area contributed by atoms with Gasteiger partial charge in [-0.25, -0.2) is 0 Å². The zero-order chi connectivity index (χ0) is 20.1. The van der Waals surface area contributed by atoms with Crippen LogP contribution in [0.25, 0.3) is 0 Å². The summed E-state index contributed by atoms with van der Waals surface area (Å²) in [5.74, 6) is 1.28. The zero-order valence-electron chi connectivity index (χ0n) is 18.2. The molecule has 2 rings (SSSR count). The molecular weight excluding hydrogens is 338 g/mol. The van der Waals surface area contributed by atoms with Gasteiger partial charge in [-0.05, 0) is 18.8 Å². The molecule has 1 N–H and O–H groups in total. The van der Waals surface area contributed by atoms with E-state index in [9.17, 15) is 0 Å². The minimum atomic E-state index is 0.402. The summed E-state index contributed by atoms with van der Waals surface area (Å²) in [4.78, 5) is 6.62. The van der Waals surface area contributed by atoms with E-state index in [2.05, 4.69) is 66.3 Å². The van der Waals surface area contributed by atoms with Gasteiger partial charge >= 0.3 is 0 Å². The summed E-state index contributed by atoms with van der Waals surface area (Å²) in [5.41, 5.74) is 6.12. The van der Waals surface area contributed by atoms with E-state index in [1.807, 2.05) is 30.5 Å². The molecular formula is C20H35N7. The summed E-state index contributed by atoms with van der Waals surface area (Å²) in [6, 6.07) is 0. The SMILES string of the molecule is CCc1nn(C)c(CC)c1CNC(=NC)N(C)Cc1cn(C)nc1C(C)C. The van der Waals surface area contributed by atoms with E-state index >= 15 is 0 Å². The number of aryl methyl sites for hydroxylation is 3. The van der Waals surface area contributed by atoms with Gasteiger partial charge in [-0.2, -0.15) is 10.2 Å². The van der Waals surface area contributed by atoms with E-state index in [1.165, 1.54) is 16.8 Å². The van der Waals surface area contributed by atoms with Crippen LogP contribution in [0.4, 0.5) is 0 Å². The van der Waals surface area contributed by atoms with Crippen LogP contribution in [0.2, 0.25) is 0 Å². The first-order valence-corrected chi connectivity index (χ1v) is 9.80. The average molecular weight is 374 g/mol. The van der Waals surface area contributed by atoms with Crippen LogP contribution in [0.15, 0.2) is 11.2 Å². The fourth-order valence-electron chi connectivity index (χ4n) is 3.64. The minimum absolute atomic E-state index is 0.402. The van der Waals surface area contributed by atoms with E-state index in [0.29, 0.717) is 5.92 Å². The maximum Gasteiger partial charge on any atom is 0.193 e. The number of guanidine groups is 1. The first-order valence-electron chi connectivity index (χ1n) is 9.80. The second-order valence-electron chi connectivity index (χ2n) is 7.33. The van der Waals surface area contributed by atoms with Crippen molar-refractivity contribution < 1.29 is 0 Å². The number of nitrogens with one attached hydrogen (secondary N) is 1. The van der Waals surface area contributed by atoms with Crippen LogP contribution in [0, 0.1) is 0 Å². The molecule has 0 aliphatic heterocycles. The highest BCUT2D eigenvalue weighted by Gasteiger charge is 2.17. The molecule has 0 aliphatic carbocycles. The van der Waals surface area contributed by atoms with Crippen LogP contribution in [0.3, 0.4) is 0 Å². The highest BCUT2D eigenvalue weighted by molar-refractivity contribution is 5.79. The molecule has 0 bridgehead atoms. The van der Waals surface area contributed by atoms with E-state index in [1.54, 1.807) is 0 Å². The van der Waals surface area contributed by atoms with E-state index < -0.39 is 0 Å². The van der Waals surface area contributed by atoms with Crippen molar-refractivity contribution in [3.8, 4) is 0 Å². The lowest BCUT2D eigenvalue weighted by Gasteiger charge is -2.22. The molecule has 7 heteroatoms. The number of aliphatic imine (C=N–C) groups is 1. The van der Waals surface area contributed by atoms with E-state index in [4.69, 9.17) is 0 Å². The van der Waals surface area contributed by atoms with Gasteiger partial charge in [0, 0.05) is 64.3 Å². The Labute approximate surface area is 163 Å². The summed E-state index contributed by atoms with van der Waals surface area (Å²) in [6.07, 6.45) is 4.01. The van der Waals surface area contributed by atoms with Gasteiger partial charge in [0.1, 0.15) is 0 Å². The first kappa shape index (κ1) is 21.0. The molecule has 0 saturated carbocycles. The highest BCUT2D eigenvalue weighted by Crippen LogP contribution is 2.19. The molecule has 2 aromatic heterocycles. The average Bonchev–Trinajstić information content (AvgIpc) is 3.14. The van der Waals surface area contributed by atoms with Gasteiger partial charge in [-0.1, -0.05) is 27.7 Å². The summed E-state index contributed by atoms with van der Waals surface area (Å²) < 4.78 is 3.90. The maximum absolute atomic E-state index is 4.66. The van der Waals surface area contributed by atoms with Gasteiger partial charge in [0.2, 0.25) is 0 Å². The Morgan fingerprint density at radius 2 is 1.93 bits per heavy atom. The summed E-state index contributed by atoms with van der Waals surface area (Å²) in [6.45, 7) is 10.2. The Balaban J connectivity index is 2.12. The fourth-order valence-corrected chi connectivity index (χ4v) is 3.64. The van der Waals surface area contributed by atoms with Crippen molar-refractivity contribution in [2.45, 2.75) is 59.5 Å². The molecule has 0 saturated heterocycles. The lowest BCUT2D eigenvalue weighted by Crippen LogP contribution is -2.38. The summed E-state index contributed by atoms with van der Waals surface area (Å²) in [5, 5.41) is 12.8. The maximum atomic E-state index is 4.66. The summed E-state index contributed by atoms with van der Waals surface area (Å²) >= 11 is 0. The Hall–Kier alpha value is -2.31. The van der Waals surface area contributed by atoms with Crippen LogP contribution in [-0.4, -0.2) is 44.5 Å². The van der Waals surface area contributed by atoms with Gasteiger partial charge < -0.3 is 10.2 Å². The quantitative estimate of drug-likeness (QED) is 0.599. The summed E-state index contributed by atoms with van der Waals surface area (Å²) in [7, 11) is 7.90. The predicted molar refractivity (Wildman–Crippen MR) is 111 cm³/mol. The molecule has 0 fully saturated rings. The number of aromatic nitrogens is 4. The lowest BCUT2D eigenvalue weighted by molar-refractivity contribution is 0.473. The molecule has 0 aromatic carbocycles. The van der Waals surface area contributed by atoms with Crippen molar-refractivity contribution in [1.29, 1.82) is 0 Å². The normalized spacial score (nSPS) is 12.1. The Morgan fingerprint density at radius 3 is 2.48 bits per heavy atom. The van der Waals surface area contributed by atoms with Gasteiger partial charge in [-0.15, -0.1) is 0 Å². The molecule has 0 unspecified atom stereocenters. The molecule has 2 heterocycles. The van der Waals surface area contributed by atoms with Crippen molar-refractivity contribution in [3.63, 3.8) is 0 Å². The predicted octanol–water partition coefficient (Wildman–Crippen LogP) is 2.61. The van der Waals surface area contributed by atoms with Crippen molar-refractivity contribution in [3.05, 3.63) is 34.4 Å². The highest BCUT2D eigenvalue weighted by atomic mass is 15.3. The van der Waals surface area contributed by atoms with E-state index in [0.717, 1.165) is 43.3 Å². The Kier molecular flexibility index (Phi) is 7.05. The Bertz CT molecular complexity index is 783. The number of nitrogens with zero attached hydrogens (tertiary/aromatic N) is 6. The van der Waals surface area contributed by atoms with Crippen LogP contribution in [0.5, 0.6) is 0 Å². The Morgan fingerprint density at radius 1 is 1.22 bits per heavy atom. The number of rotatable bonds is 7. The third-order valence-corrected chi connectivity index (χ3v) is 4.92. The van der Waals surface area contributed by atoms with Crippen LogP contribution in [-0.2, 0) is 40.0 Å². The molecule has 2 aromatic rings. The number of hydrogen-bond donors (Lipinski definition) is 1. The topological polar surface area (TPSA) is 63.3 Å². The van der Waals surface area contributed by atoms with Crippen LogP contribution in [0.1, 0.15) is 61.8 Å². The molecule has 0 spiro atoms. The molecule has 0 atom stereocenters. The third-order valence-electron chi connectivity index (χ3n) is 4.92. The van der Waals surface area contributed by atoms with Crippen LogP contribution < -0.4 is 5.32 Å². The molecule has 150 valence electrons. The monoisotopic (exact) mass is 373 g/mol. The molecule has 0 radical (unpaired) electrons. The minimum Gasteiger partial charge on any atom is -0.352 e. The second kappa shape index (κ2) is 9.06. The van der Waals surface area contributed by atoms with Gasteiger partial charge in [0.25, 0.3) is 0 Å². The molecule has 0 amide bonds. The molecule has 0 aliphatic rings. The smallest absolute Gasteiger partial charge is 0.193 e. The second-order valence-corrected chi connectivity index (χ2v) is 7.33. The fraction of sp³-hybridized carbons (Fsp3) is 0.650. The standard InChI is InChI=1S/C20H35N7/c1-9-17-16(18(10-2)27(8)23-17)11-22-20(21-5)25(6)12-15-13-26(7)24-19(15)14(3)4/h13-14H,9-12H2,1-8H3,(H,21,22). The zero-order valence-corrected chi connectivity index (χ0v) is 18.2.